The van der Waals surface area contributed by atoms with Crippen molar-refractivity contribution >= 4 is 17.5 Å². The molecule has 3 aromatic rings. The van der Waals surface area contributed by atoms with Gasteiger partial charge in [-0.15, -0.1) is 0 Å². The van der Waals surface area contributed by atoms with Gasteiger partial charge in [-0.3, -0.25) is 14.6 Å². The summed E-state index contributed by atoms with van der Waals surface area (Å²) < 4.78 is 0. The van der Waals surface area contributed by atoms with Crippen LogP contribution in [0.4, 0.5) is 5.69 Å². The van der Waals surface area contributed by atoms with Crippen molar-refractivity contribution in [3.63, 3.8) is 0 Å². The number of benzene rings is 2. The molecule has 0 saturated carbocycles. The minimum Gasteiger partial charge on any atom is -0.352 e. The number of hydrogen-bond acceptors (Lipinski definition) is 3. The van der Waals surface area contributed by atoms with Gasteiger partial charge in [0.1, 0.15) is 0 Å². The van der Waals surface area contributed by atoms with Crippen molar-refractivity contribution < 1.29 is 9.59 Å². The van der Waals surface area contributed by atoms with Gasteiger partial charge in [0.15, 0.2) is 0 Å². The number of hydrogen-bond donors (Lipinski definition) is 2. The molecule has 2 aromatic carbocycles. The van der Waals surface area contributed by atoms with Crippen LogP contribution < -0.4 is 10.6 Å². The van der Waals surface area contributed by atoms with E-state index >= 15 is 0 Å². The Kier molecular flexibility index (Phi) is 6.17. The summed E-state index contributed by atoms with van der Waals surface area (Å²) >= 11 is 0. The van der Waals surface area contributed by atoms with Gasteiger partial charge in [-0.1, -0.05) is 42.5 Å². The van der Waals surface area contributed by atoms with Crippen LogP contribution in [0, 0.1) is 13.8 Å². The number of nitrogens with zero attached hydrogens (tertiary/aromatic N) is 1. The highest BCUT2D eigenvalue weighted by Crippen LogP contribution is 2.19. The van der Waals surface area contributed by atoms with Crippen LogP contribution in [0.25, 0.3) is 0 Å². The smallest absolute Gasteiger partial charge is 0.257 e. The molecule has 0 spiro atoms. The van der Waals surface area contributed by atoms with Gasteiger partial charge < -0.3 is 10.6 Å². The summed E-state index contributed by atoms with van der Waals surface area (Å²) in [6.45, 7) is 4.47. The quantitative estimate of drug-likeness (QED) is 0.688. The molecule has 1 aromatic heterocycles. The fourth-order valence-electron chi connectivity index (χ4n) is 2.84. The third-order valence-corrected chi connectivity index (χ3v) is 4.66. The van der Waals surface area contributed by atoms with Gasteiger partial charge in [-0.25, -0.2) is 0 Å². The number of anilines is 1. The summed E-state index contributed by atoms with van der Waals surface area (Å²) in [6.07, 6.45) is 3.67. The second-order valence-electron chi connectivity index (χ2n) is 6.66. The van der Waals surface area contributed by atoms with Crippen molar-refractivity contribution in [1.82, 2.24) is 10.3 Å². The Morgan fingerprint density at radius 3 is 2.36 bits per heavy atom. The number of pyridine rings is 1. The van der Waals surface area contributed by atoms with E-state index in [1.807, 2.05) is 62.4 Å². The Bertz CT molecular complexity index is 984. The first-order valence-electron chi connectivity index (χ1n) is 9.19. The topological polar surface area (TPSA) is 71.1 Å². The molecule has 0 atom stereocenters. The highest BCUT2D eigenvalue weighted by molar-refractivity contribution is 6.06. The van der Waals surface area contributed by atoms with E-state index in [1.54, 1.807) is 6.07 Å². The Morgan fingerprint density at radius 2 is 1.61 bits per heavy atom. The van der Waals surface area contributed by atoms with E-state index in [2.05, 4.69) is 15.6 Å². The zero-order valence-electron chi connectivity index (χ0n) is 16.0. The van der Waals surface area contributed by atoms with Crippen molar-refractivity contribution in [2.45, 2.75) is 20.3 Å². The van der Waals surface area contributed by atoms with E-state index < -0.39 is 0 Å². The molecule has 0 fully saturated rings. The van der Waals surface area contributed by atoms with E-state index in [-0.39, 0.29) is 11.8 Å². The van der Waals surface area contributed by atoms with E-state index in [9.17, 15) is 9.59 Å². The summed E-state index contributed by atoms with van der Waals surface area (Å²) in [7, 11) is 0. The molecule has 0 unspecified atom stereocenters. The van der Waals surface area contributed by atoms with Crippen LogP contribution in [0.15, 0.2) is 67.0 Å². The summed E-state index contributed by atoms with van der Waals surface area (Å²) in [4.78, 5) is 29.0. The maximum absolute atomic E-state index is 12.6. The molecule has 3 rings (SSSR count). The van der Waals surface area contributed by atoms with Gasteiger partial charge in [-0.05, 0) is 49.1 Å². The molecule has 0 aliphatic rings. The van der Waals surface area contributed by atoms with Crippen molar-refractivity contribution in [2.75, 3.05) is 11.9 Å². The van der Waals surface area contributed by atoms with Crippen LogP contribution in [-0.2, 0) is 6.42 Å². The van der Waals surface area contributed by atoms with Crippen LogP contribution in [0.1, 0.15) is 37.4 Å². The van der Waals surface area contributed by atoms with Gasteiger partial charge in [0.2, 0.25) is 0 Å². The number of aromatic nitrogens is 1. The normalized spacial score (nSPS) is 10.4. The first-order valence-corrected chi connectivity index (χ1v) is 9.19. The molecule has 28 heavy (non-hydrogen) atoms. The SMILES string of the molecule is Cc1cccc(NC(=O)c2cncc(C(=O)NCCc3ccccc3)c2)c1C. The van der Waals surface area contributed by atoms with E-state index in [0.29, 0.717) is 17.7 Å². The highest BCUT2D eigenvalue weighted by atomic mass is 16.2. The predicted octanol–water partition coefficient (Wildman–Crippen LogP) is 3.92. The fourth-order valence-corrected chi connectivity index (χ4v) is 2.84. The largest absolute Gasteiger partial charge is 0.352 e. The van der Waals surface area contributed by atoms with Crippen LogP contribution >= 0.6 is 0 Å². The minimum absolute atomic E-state index is 0.246. The molecule has 5 nitrogen and oxygen atoms in total. The zero-order chi connectivity index (χ0) is 19.9. The number of nitrogens with one attached hydrogen (secondary N) is 2. The molecule has 2 N–H and O–H groups in total. The summed E-state index contributed by atoms with van der Waals surface area (Å²) in [5.74, 6) is -0.537. The van der Waals surface area contributed by atoms with Gasteiger partial charge in [-0.2, -0.15) is 0 Å². The predicted molar refractivity (Wildman–Crippen MR) is 111 cm³/mol. The zero-order valence-corrected chi connectivity index (χ0v) is 16.0. The maximum atomic E-state index is 12.6. The lowest BCUT2D eigenvalue weighted by molar-refractivity contribution is 0.0953. The standard InChI is InChI=1S/C23H23N3O2/c1-16-7-6-10-21(17(16)2)26-23(28)20-13-19(14-24-15-20)22(27)25-12-11-18-8-4-3-5-9-18/h3-10,13-15H,11-12H2,1-2H3,(H,25,27)(H,26,28). The Hall–Kier alpha value is -3.47. The molecule has 0 radical (unpaired) electrons. The average Bonchev–Trinajstić information content (AvgIpc) is 2.72. The fraction of sp³-hybridized carbons (Fsp3) is 0.174. The van der Waals surface area contributed by atoms with Crippen LogP contribution in [0.3, 0.4) is 0 Å². The second kappa shape index (κ2) is 8.95. The first kappa shape index (κ1) is 19.3. The third kappa shape index (κ3) is 4.82. The second-order valence-corrected chi connectivity index (χ2v) is 6.66. The van der Waals surface area contributed by atoms with Crippen LogP contribution in [0.2, 0.25) is 0 Å². The van der Waals surface area contributed by atoms with Crippen molar-refractivity contribution in [1.29, 1.82) is 0 Å². The lowest BCUT2D eigenvalue weighted by Crippen LogP contribution is -2.26. The summed E-state index contributed by atoms with van der Waals surface area (Å²) in [6, 6.07) is 17.2. The maximum Gasteiger partial charge on any atom is 0.257 e. The summed E-state index contributed by atoms with van der Waals surface area (Å²) in [5, 5.41) is 5.76. The number of rotatable bonds is 6. The van der Waals surface area contributed by atoms with E-state index in [4.69, 9.17) is 0 Å². The monoisotopic (exact) mass is 373 g/mol. The average molecular weight is 373 g/mol. The van der Waals surface area contributed by atoms with Crippen molar-refractivity contribution in [3.8, 4) is 0 Å². The van der Waals surface area contributed by atoms with Gasteiger partial charge in [0.05, 0.1) is 11.1 Å². The molecule has 0 aliphatic carbocycles. The van der Waals surface area contributed by atoms with E-state index in [0.717, 1.165) is 28.8 Å². The lowest BCUT2D eigenvalue weighted by atomic mass is 10.1. The molecule has 142 valence electrons. The number of aryl methyl sites for hydroxylation is 1. The van der Waals surface area contributed by atoms with E-state index in [1.165, 1.54) is 12.4 Å². The first-order chi connectivity index (χ1) is 13.5. The van der Waals surface area contributed by atoms with Crippen LogP contribution in [-0.4, -0.2) is 23.3 Å². The number of carbonyl (C=O) groups excluding carboxylic acids is 2. The lowest BCUT2D eigenvalue weighted by Gasteiger charge is -2.11. The number of carbonyl (C=O) groups is 2. The molecule has 5 heteroatoms. The Labute approximate surface area is 164 Å². The molecule has 2 amide bonds. The van der Waals surface area contributed by atoms with Crippen molar-refractivity contribution in [3.05, 3.63) is 94.8 Å². The molecule has 1 heterocycles. The molecule has 0 saturated heterocycles. The molecular weight excluding hydrogens is 350 g/mol. The summed E-state index contributed by atoms with van der Waals surface area (Å²) in [5.41, 5.74) is 4.73. The van der Waals surface area contributed by atoms with Gasteiger partial charge in [0.25, 0.3) is 11.8 Å². The molecule has 0 bridgehead atoms. The Morgan fingerprint density at radius 1 is 0.893 bits per heavy atom. The van der Waals surface area contributed by atoms with Gasteiger partial charge in [0, 0.05) is 24.6 Å². The van der Waals surface area contributed by atoms with Gasteiger partial charge >= 0.3 is 0 Å². The minimum atomic E-state index is -0.292. The number of amides is 2. The van der Waals surface area contributed by atoms with Crippen LogP contribution in [0.5, 0.6) is 0 Å². The Balaban J connectivity index is 1.63. The third-order valence-electron chi connectivity index (χ3n) is 4.66. The molecule has 0 aliphatic heterocycles. The highest BCUT2D eigenvalue weighted by Gasteiger charge is 2.12. The molecular formula is C23H23N3O2. The van der Waals surface area contributed by atoms with Crippen molar-refractivity contribution in [2.24, 2.45) is 0 Å².